The standard InChI is InChI=1S/C16H30N4/c17-16(19-10-4-1-2-5-11-19)18-13-15-7-3-6-12-20(15)14-8-9-14/h14-15H,1-13H2,(H2,17,18). The van der Waals surface area contributed by atoms with Crippen molar-refractivity contribution in [2.75, 3.05) is 26.2 Å². The predicted molar refractivity (Wildman–Crippen MR) is 83.9 cm³/mol. The first-order valence-electron chi connectivity index (χ1n) is 8.65. The summed E-state index contributed by atoms with van der Waals surface area (Å²) in [7, 11) is 0. The van der Waals surface area contributed by atoms with E-state index in [1.165, 1.54) is 64.3 Å². The van der Waals surface area contributed by atoms with Crippen molar-refractivity contribution in [1.29, 1.82) is 0 Å². The maximum absolute atomic E-state index is 6.23. The lowest BCUT2D eigenvalue weighted by Crippen LogP contribution is -2.44. The zero-order chi connectivity index (χ0) is 13.8. The Balaban J connectivity index is 1.53. The number of piperidine rings is 1. The molecule has 2 heterocycles. The first-order chi connectivity index (χ1) is 9.84. The number of nitrogens with two attached hydrogens (primary N) is 1. The van der Waals surface area contributed by atoms with Gasteiger partial charge in [0.1, 0.15) is 0 Å². The summed E-state index contributed by atoms with van der Waals surface area (Å²) in [4.78, 5) is 9.77. The Hall–Kier alpha value is -0.770. The molecular formula is C16H30N4. The summed E-state index contributed by atoms with van der Waals surface area (Å²) in [5, 5.41) is 0. The average Bonchev–Trinajstić information content (AvgIpc) is 3.31. The van der Waals surface area contributed by atoms with Gasteiger partial charge in [-0.2, -0.15) is 0 Å². The lowest BCUT2D eigenvalue weighted by atomic mass is 10.0. The monoisotopic (exact) mass is 278 g/mol. The van der Waals surface area contributed by atoms with Crippen LogP contribution in [0.1, 0.15) is 57.8 Å². The van der Waals surface area contributed by atoms with Crippen LogP contribution in [-0.4, -0.2) is 54.0 Å². The van der Waals surface area contributed by atoms with Crippen LogP contribution >= 0.6 is 0 Å². The number of hydrogen-bond donors (Lipinski definition) is 1. The van der Waals surface area contributed by atoms with Gasteiger partial charge in [-0.1, -0.05) is 19.3 Å². The molecule has 0 radical (unpaired) electrons. The smallest absolute Gasteiger partial charge is 0.191 e. The van der Waals surface area contributed by atoms with Crippen LogP contribution < -0.4 is 5.73 Å². The summed E-state index contributed by atoms with van der Waals surface area (Å²) >= 11 is 0. The first-order valence-corrected chi connectivity index (χ1v) is 8.65. The van der Waals surface area contributed by atoms with Gasteiger partial charge in [-0.15, -0.1) is 0 Å². The van der Waals surface area contributed by atoms with Gasteiger partial charge in [0.25, 0.3) is 0 Å². The molecule has 114 valence electrons. The number of nitrogens with zero attached hydrogens (tertiary/aromatic N) is 3. The molecule has 0 aromatic heterocycles. The molecule has 1 saturated carbocycles. The van der Waals surface area contributed by atoms with Gasteiger partial charge in [-0.3, -0.25) is 9.89 Å². The molecule has 2 aliphatic heterocycles. The van der Waals surface area contributed by atoms with Crippen LogP contribution in [0.4, 0.5) is 0 Å². The molecule has 0 amide bonds. The van der Waals surface area contributed by atoms with E-state index < -0.39 is 0 Å². The number of guanidine groups is 1. The van der Waals surface area contributed by atoms with Gasteiger partial charge in [0.05, 0.1) is 6.54 Å². The van der Waals surface area contributed by atoms with Crippen LogP contribution in [0.2, 0.25) is 0 Å². The zero-order valence-corrected chi connectivity index (χ0v) is 12.8. The summed E-state index contributed by atoms with van der Waals surface area (Å²) in [5.74, 6) is 0.799. The highest BCUT2D eigenvalue weighted by atomic mass is 15.3. The molecule has 3 fully saturated rings. The molecular weight excluding hydrogens is 248 g/mol. The molecule has 1 unspecified atom stereocenters. The van der Waals surface area contributed by atoms with Crippen molar-refractivity contribution in [3.63, 3.8) is 0 Å². The molecule has 1 atom stereocenters. The van der Waals surface area contributed by atoms with E-state index in [0.717, 1.165) is 31.6 Å². The fraction of sp³-hybridized carbons (Fsp3) is 0.938. The minimum atomic E-state index is 0.654. The SMILES string of the molecule is NC(=NCC1CCCCN1C1CC1)N1CCCCCC1. The molecule has 0 aromatic rings. The Bertz CT molecular complexity index is 329. The highest BCUT2D eigenvalue weighted by Crippen LogP contribution is 2.32. The van der Waals surface area contributed by atoms with Gasteiger partial charge in [-0.25, -0.2) is 0 Å². The molecule has 1 aliphatic carbocycles. The van der Waals surface area contributed by atoms with E-state index in [9.17, 15) is 0 Å². The fourth-order valence-electron chi connectivity index (χ4n) is 3.70. The van der Waals surface area contributed by atoms with Crippen molar-refractivity contribution in [1.82, 2.24) is 9.80 Å². The molecule has 3 aliphatic rings. The first kappa shape index (κ1) is 14.2. The number of rotatable bonds is 3. The van der Waals surface area contributed by atoms with E-state index in [4.69, 9.17) is 10.7 Å². The van der Waals surface area contributed by atoms with Crippen LogP contribution in [-0.2, 0) is 0 Å². The van der Waals surface area contributed by atoms with Gasteiger partial charge < -0.3 is 10.6 Å². The highest BCUT2D eigenvalue weighted by molar-refractivity contribution is 5.78. The van der Waals surface area contributed by atoms with Crippen molar-refractivity contribution in [3.8, 4) is 0 Å². The highest BCUT2D eigenvalue weighted by Gasteiger charge is 2.35. The molecule has 4 nitrogen and oxygen atoms in total. The Morgan fingerprint density at radius 1 is 0.900 bits per heavy atom. The lowest BCUT2D eigenvalue weighted by molar-refractivity contribution is 0.144. The molecule has 0 bridgehead atoms. The third-order valence-electron chi connectivity index (χ3n) is 5.08. The van der Waals surface area contributed by atoms with Crippen molar-refractivity contribution in [2.24, 2.45) is 10.7 Å². The van der Waals surface area contributed by atoms with E-state index >= 15 is 0 Å². The van der Waals surface area contributed by atoms with E-state index in [2.05, 4.69) is 9.80 Å². The molecule has 20 heavy (non-hydrogen) atoms. The van der Waals surface area contributed by atoms with Gasteiger partial charge in [0.2, 0.25) is 0 Å². The summed E-state index contributed by atoms with van der Waals surface area (Å²) in [5.41, 5.74) is 6.23. The fourth-order valence-corrected chi connectivity index (χ4v) is 3.70. The second-order valence-corrected chi connectivity index (χ2v) is 6.72. The second kappa shape index (κ2) is 6.79. The molecule has 0 spiro atoms. The van der Waals surface area contributed by atoms with Crippen LogP contribution in [0, 0.1) is 0 Å². The third-order valence-corrected chi connectivity index (χ3v) is 5.08. The Labute approximate surface area is 123 Å². The van der Waals surface area contributed by atoms with Gasteiger partial charge in [0, 0.05) is 25.2 Å². The van der Waals surface area contributed by atoms with Crippen LogP contribution in [0.25, 0.3) is 0 Å². The molecule has 4 heteroatoms. The predicted octanol–water partition coefficient (Wildman–Crippen LogP) is 2.19. The van der Waals surface area contributed by atoms with E-state index in [-0.39, 0.29) is 0 Å². The Morgan fingerprint density at radius 3 is 2.30 bits per heavy atom. The number of hydrogen-bond acceptors (Lipinski definition) is 2. The summed E-state index contributed by atoms with van der Waals surface area (Å²) in [6, 6.07) is 1.52. The number of aliphatic imine (C=N–C) groups is 1. The molecule has 2 N–H and O–H groups in total. The topological polar surface area (TPSA) is 44.9 Å². The van der Waals surface area contributed by atoms with Crippen molar-refractivity contribution >= 4 is 5.96 Å². The maximum atomic E-state index is 6.23. The molecule has 2 saturated heterocycles. The van der Waals surface area contributed by atoms with Crippen molar-refractivity contribution in [2.45, 2.75) is 69.9 Å². The van der Waals surface area contributed by atoms with E-state index in [1.807, 2.05) is 0 Å². The van der Waals surface area contributed by atoms with Gasteiger partial charge in [0.15, 0.2) is 5.96 Å². The lowest BCUT2D eigenvalue weighted by Gasteiger charge is -2.35. The Morgan fingerprint density at radius 2 is 1.60 bits per heavy atom. The van der Waals surface area contributed by atoms with Crippen LogP contribution in [0.15, 0.2) is 4.99 Å². The van der Waals surface area contributed by atoms with Crippen LogP contribution in [0.5, 0.6) is 0 Å². The minimum Gasteiger partial charge on any atom is -0.370 e. The van der Waals surface area contributed by atoms with Crippen molar-refractivity contribution < 1.29 is 0 Å². The normalized spacial score (nSPS) is 30.3. The summed E-state index contributed by atoms with van der Waals surface area (Å²) < 4.78 is 0. The molecule has 3 rings (SSSR count). The van der Waals surface area contributed by atoms with E-state index in [0.29, 0.717) is 6.04 Å². The van der Waals surface area contributed by atoms with Crippen LogP contribution in [0.3, 0.4) is 0 Å². The summed E-state index contributed by atoms with van der Waals surface area (Å²) in [6.07, 6.45) is 12.1. The average molecular weight is 278 g/mol. The van der Waals surface area contributed by atoms with Gasteiger partial charge in [-0.05, 0) is 45.1 Å². The minimum absolute atomic E-state index is 0.654. The summed E-state index contributed by atoms with van der Waals surface area (Å²) in [6.45, 7) is 4.41. The van der Waals surface area contributed by atoms with E-state index in [1.54, 1.807) is 0 Å². The largest absolute Gasteiger partial charge is 0.370 e. The number of likely N-dealkylation sites (tertiary alicyclic amines) is 2. The van der Waals surface area contributed by atoms with Gasteiger partial charge >= 0.3 is 0 Å². The quantitative estimate of drug-likeness (QED) is 0.636. The maximum Gasteiger partial charge on any atom is 0.191 e. The third kappa shape index (κ3) is 3.66. The Kier molecular flexibility index (Phi) is 4.81. The van der Waals surface area contributed by atoms with Crippen molar-refractivity contribution in [3.05, 3.63) is 0 Å². The zero-order valence-electron chi connectivity index (χ0n) is 12.8. The second-order valence-electron chi connectivity index (χ2n) is 6.72. The molecule has 0 aromatic carbocycles.